The normalized spacial score (nSPS) is 11.6. The van der Waals surface area contributed by atoms with Crippen LogP contribution in [0.5, 0.6) is 0 Å². The lowest BCUT2D eigenvalue weighted by Crippen LogP contribution is -2.05. The zero-order chi connectivity index (χ0) is 10.6. The minimum atomic E-state index is -0.439. The molecule has 2 nitrogen and oxygen atoms in total. The van der Waals surface area contributed by atoms with Crippen LogP contribution < -0.4 is 5.32 Å². The largest absolute Gasteiger partial charge is 0.334 e. The minimum Gasteiger partial charge on any atom is -0.334 e. The first kappa shape index (κ1) is 12.1. The Hall–Kier alpha value is -0.0100. The minimum absolute atomic E-state index is 0.118. The van der Waals surface area contributed by atoms with E-state index < -0.39 is 5.82 Å². The number of halogens is 3. The molecule has 0 heterocycles. The highest BCUT2D eigenvalue weighted by Crippen LogP contribution is 2.19. The van der Waals surface area contributed by atoms with Crippen molar-refractivity contribution in [1.82, 2.24) is 0 Å². The maximum Gasteiger partial charge on any atom is 0.171 e. The molecule has 76 valence electrons. The maximum absolute atomic E-state index is 13.0. The third-order valence-electron chi connectivity index (χ3n) is 1.44. The van der Waals surface area contributed by atoms with Crippen LogP contribution in [0.1, 0.15) is 0 Å². The molecular weight excluding hydrogens is 338 g/mol. The predicted octanol–water partition coefficient (Wildman–Crippen LogP) is 3.96. The molecular formula is C8H7ClFIN2S. The van der Waals surface area contributed by atoms with Crippen molar-refractivity contribution in [3.05, 3.63) is 29.0 Å². The summed E-state index contributed by atoms with van der Waals surface area (Å²) in [4.78, 5) is 0. The molecule has 14 heavy (non-hydrogen) atoms. The van der Waals surface area contributed by atoms with Crippen LogP contribution in [0.15, 0.2) is 21.4 Å². The van der Waals surface area contributed by atoms with Gasteiger partial charge in [-0.3, -0.25) is 0 Å². The maximum atomic E-state index is 13.0. The van der Waals surface area contributed by atoms with Crippen molar-refractivity contribution in [2.24, 2.45) is 3.21 Å². The zero-order valence-electron chi connectivity index (χ0n) is 7.22. The summed E-state index contributed by atoms with van der Waals surface area (Å²) in [7, 11) is 0. The van der Waals surface area contributed by atoms with Crippen molar-refractivity contribution in [3.63, 3.8) is 0 Å². The van der Waals surface area contributed by atoms with Gasteiger partial charge in [-0.05, 0) is 24.5 Å². The fourth-order valence-corrected chi connectivity index (χ4v) is 1.92. The van der Waals surface area contributed by atoms with Crippen LogP contribution in [0.2, 0.25) is 5.02 Å². The third-order valence-corrected chi connectivity index (χ3v) is 3.14. The topological polar surface area (TPSA) is 24.4 Å². The molecule has 0 aliphatic carbocycles. The summed E-state index contributed by atoms with van der Waals surface area (Å²) in [5.41, 5.74) is 0.636. The van der Waals surface area contributed by atoms with Crippen molar-refractivity contribution >= 4 is 57.1 Å². The molecule has 0 spiro atoms. The molecule has 0 aliphatic rings. The molecule has 0 aliphatic heterocycles. The number of hydrogen-bond acceptors (Lipinski definition) is 2. The molecule has 1 aromatic carbocycles. The Kier molecular flexibility index (Phi) is 4.97. The first-order valence-corrected chi connectivity index (χ1v) is 6.19. The van der Waals surface area contributed by atoms with Gasteiger partial charge in [-0.25, -0.2) is 4.39 Å². The van der Waals surface area contributed by atoms with Crippen LogP contribution in [-0.4, -0.2) is 11.4 Å². The summed E-state index contributed by atoms with van der Waals surface area (Å²) < 4.78 is 17.0. The summed E-state index contributed by atoms with van der Waals surface area (Å²) in [6.45, 7) is 0. The van der Waals surface area contributed by atoms with E-state index in [0.717, 1.165) is 0 Å². The van der Waals surface area contributed by atoms with E-state index in [-0.39, 0.29) is 5.02 Å². The van der Waals surface area contributed by atoms with E-state index >= 15 is 0 Å². The van der Waals surface area contributed by atoms with Crippen LogP contribution in [0.4, 0.5) is 10.1 Å². The smallest absolute Gasteiger partial charge is 0.171 e. The van der Waals surface area contributed by atoms with Gasteiger partial charge in [0.25, 0.3) is 0 Å². The molecule has 0 radical (unpaired) electrons. The third kappa shape index (κ3) is 3.29. The first-order valence-electron chi connectivity index (χ1n) is 3.62. The van der Waals surface area contributed by atoms with Gasteiger partial charge in [-0.15, -0.1) is 0 Å². The number of hydrogen-bond donors (Lipinski definition) is 1. The molecule has 1 rings (SSSR count). The van der Waals surface area contributed by atoms with E-state index in [4.69, 9.17) is 11.6 Å². The molecule has 0 atom stereocenters. The van der Waals surface area contributed by atoms with Gasteiger partial charge in [0.05, 0.1) is 27.9 Å². The Morgan fingerprint density at radius 3 is 2.86 bits per heavy atom. The van der Waals surface area contributed by atoms with Gasteiger partial charge < -0.3 is 5.32 Å². The number of rotatable bonds is 1. The van der Waals surface area contributed by atoms with Crippen LogP contribution in [0.3, 0.4) is 0 Å². The first-order chi connectivity index (χ1) is 6.67. The van der Waals surface area contributed by atoms with E-state index in [1.807, 2.05) is 29.1 Å². The van der Waals surface area contributed by atoms with E-state index in [9.17, 15) is 4.39 Å². The molecule has 0 unspecified atom stereocenters. The van der Waals surface area contributed by atoms with Crippen molar-refractivity contribution < 1.29 is 4.39 Å². The highest BCUT2D eigenvalue weighted by Gasteiger charge is 2.02. The number of nitrogens with one attached hydrogen (secondary N) is 1. The highest BCUT2D eigenvalue weighted by atomic mass is 127. The molecule has 1 N–H and O–H groups in total. The van der Waals surface area contributed by atoms with Gasteiger partial charge >= 0.3 is 0 Å². The van der Waals surface area contributed by atoms with Crippen LogP contribution in [-0.2, 0) is 0 Å². The van der Waals surface area contributed by atoms with Gasteiger partial charge in [-0.2, -0.15) is 3.21 Å². The second kappa shape index (κ2) is 5.77. The molecule has 0 aromatic heterocycles. The molecule has 0 bridgehead atoms. The van der Waals surface area contributed by atoms with Gasteiger partial charge in [0.1, 0.15) is 5.82 Å². The summed E-state index contributed by atoms with van der Waals surface area (Å²) in [6.07, 6.45) is 1.89. The standard InChI is InChI=1S/C8H7ClFIN2S/c1-14-8(13-11)12-5-2-3-6(9)7(10)4-5/h2-4H,1H3,(H,12,13). The lowest BCUT2D eigenvalue weighted by atomic mass is 10.3. The summed E-state index contributed by atoms with van der Waals surface area (Å²) in [5, 5.41) is 3.79. The molecule has 0 saturated carbocycles. The van der Waals surface area contributed by atoms with Crippen molar-refractivity contribution in [3.8, 4) is 0 Å². The molecule has 1 aromatic rings. The van der Waals surface area contributed by atoms with E-state index in [0.29, 0.717) is 10.9 Å². The van der Waals surface area contributed by atoms with E-state index in [1.54, 1.807) is 6.07 Å². The fourth-order valence-electron chi connectivity index (χ4n) is 0.804. The number of benzene rings is 1. The predicted molar refractivity (Wildman–Crippen MR) is 70.0 cm³/mol. The molecule has 0 saturated heterocycles. The monoisotopic (exact) mass is 344 g/mol. The number of nitrogens with zero attached hydrogens (tertiary/aromatic N) is 1. The van der Waals surface area contributed by atoms with Gasteiger partial charge in [0, 0.05) is 5.69 Å². The number of anilines is 1. The number of thioether (sulfide) groups is 1. The SMILES string of the molecule is CSC(=NI)Nc1ccc(Cl)c(F)c1. The zero-order valence-corrected chi connectivity index (χ0v) is 11.0. The van der Waals surface area contributed by atoms with E-state index in [1.165, 1.54) is 23.9 Å². The quantitative estimate of drug-likeness (QED) is 0.474. The lowest BCUT2D eigenvalue weighted by molar-refractivity contribution is 0.629. The second-order valence-corrected chi connectivity index (χ2v) is 4.03. The Balaban J connectivity index is 2.82. The van der Waals surface area contributed by atoms with Gasteiger partial charge in [-0.1, -0.05) is 23.4 Å². The fraction of sp³-hybridized carbons (Fsp3) is 0.125. The Labute approximate surface area is 105 Å². The Morgan fingerprint density at radius 2 is 2.36 bits per heavy atom. The average molecular weight is 345 g/mol. The van der Waals surface area contributed by atoms with Crippen molar-refractivity contribution in [1.29, 1.82) is 0 Å². The summed E-state index contributed by atoms with van der Waals surface area (Å²) >= 11 is 8.87. The van der Waals surface area contributed by atoms with E-state index in [2.05, 4.69) is 8.52 Å². The van der Waals surface area contributed by atoms with Gasteiger partial charge in [0.15, 0.2) is 5.17 Å². The van der Waals surface area contributed by atoms with Crippen LogP contribution >= 0.6 is 46.2 Å². The van der Waals surface area contributed by atoms with Crippen LogP contribution in [0, 0.1) is 5.82 Å². The molecule has 6 heteroatoms. The number of amidine groups is 1. The van der Waals surface area contributed by atoms with Crippen molar-refractivity contribution in [2.75, 3.05) is 11.6 Å². The van der Waals surface area contributed by atoms with Crippen molar-refractivity contribution in [2.45, 2.75) is 0 Å². The molecule has 0 fully saturated rings. The Bertz CT molecular complexity index is 359. The molecule has 0 amide bonds. The van der Waals surface area contributed by atoms with Crippen LogP contribution in [0.25, 0.3) is 0 Å². The lowest BCUT2D eigenvalue weighted by Gasteiger charge is -2.06. The van der Waals surface area contributed by atoms with Gasteiger partial charge in [0.2, 0.25) is 0 Å². The highest BCUT2D eigenvalue weighted by molar-refractivity contribution is 14.1. The summed E-state index contributed by atoms with van der Waals surface area (Å²) in [6, 6.07) is 4.54. The average Bonchev–Trinajstić information content (AvgIpc) is 2.19. The second-order valence-electron chi connectivity index (χ2n) is 2.35. The Morgan fingerprint density at radius 1 is 1.64 bits per heavy atom. The summed E-state index contributed by atoms with van der Waals surface area (Å²) in [5.74, 6) is -0.439.